The van der Waals surface area contributed by atoms with Crippen molar-refractivity contribution in [3.8, 4) is 0 Å². The summed E-state index contributed by atoms with van der Waals surface area (Å²) in [5.74, 6) is -0.341. The first-order valence-electron chi connectivity index (χ1n) is 6.64. The molecule has 6 nitrogen and oxygen atoms in total. The van der Waals surface area contributed by atoms with Gasteiger partial charge in [-0.2, -0.15) is 5.10 Å². The van der Waals surface area contributed by atoms with Gasteiger partial charge < -0.3 is 0 Å². The molecule has 1 aromatic heterocycles. The third-order valence-electron chi connectivity index (χ3n) is 3.29. The molecule has 1 N–H and O–H groups in total. The Morgan fingerprint density at radius 3 is 2.79 bits per heavy atom. The maximum Gasteiger partial charge on any atom is 0.246 e. The topological polar surface area (TPSA) is 67.2 Å². The summed E-state index contributed by atoms with van der Waals surface area (Å²) in [6.45, 7) is 6.47. The Labute approximate surface area is 112 Å². The van der Waals surface area contributed by atoms with Crippen LogP contribution in [-0.2, 0) is 16.1 Å². The van der Waals surface area contributed by atoms with Gasteiger partial charge in [0.2, 0.25) is 11.8 Å². The summed E-state index contributed by atoms with van der Waals surface area (Å²) < 4.78 is 1.82. The van der Waals surface area contributed by atoms with Crippen LogP contribution in [0.2, 0.25) is 0 Å². The number of carbonyl (C=O) groups excluding carboxylic acids is 2. The Morgan fingerprint density at radius 1 is 1.47 bits per heavy atom. The molecule has 0 aromatic carbocycles. The van der Waals surface area contributed by atoms with Gasteiger partial charge >= 0.3 is 0 Å². The zero-order valence-electron chi connectivity index (χ0n) is 11.6. The number of aromatic nitrogens is 2. The van der Waals surface area contributed by atoms with Gasteiger partial charge in [-0.3, -0.25) is 24.5 Å². The van der Waals surface area contributed by atoms with Crippen molar-refractivity contribution in [2.24, 2.45) is 0 Å². The Hall–Kier alpha value is -1.69. The predicted octanol–water partition coefficient (Wildman–Crippen LogP) is 0.701. The van der Waals surface area contributed by atoms with Crippen LogP contribution in [0.1, 0.15) is 38.9 Å². The van der Waals surface area contributed by atoms with Gasteiger partial charge in [-0.15, -0.1) is 0 Å². The van der Waals surface area contributed by atoms with Crippen molar-refractivity contribution >= 4 is 11.8 Å². The number of piperazine rings is 1. The van der Waals surface area contributed by atoms with Gasteiger partial charge in [0.25, 0.3) is 0 Å². The van der Waals surface area contributed by atoms with Crippen LogP contribution >= 0.6 is 0 Å². The second kappa shape index (κ2) is 5.52. The Morgan fingerprint density at radius 2 is 2.21 bits per heavy atom. The van der Waals surface area contributed by atoms with Crippen molar-refractivity contribution < 1.29 is 9.59 Å². The first-order valence-corrected chi connectivity index (χ1v) is 6.64. The Bertz CT molecular complexity index is 481. The molecule has 1 aromatic rings. The van der Waals surface area contributed by atoms with Gasteiger partial charge in [-0.1, -0.05) is 6.92 Å². The molecule has 1 saturated heterocycles. The van der Waals surface area contributed by atoms with E-state index in [0.717, 1.165) is 5.69 Å². The maximum absolute atomic E-state index is 12.1. The minimum atomic E-state index is -0.259. The van der Waals surface area contributed by atoms with E-state index in [4.69, 9.17) is 0 Å². The number of amides is 2. The average molecular weight is 264 g/mol. The van der Waals surface area contributed by atoms with Crippen molar-refractivity contribution in [2.45, 2.75) is 45.8 Å². The summed E-state index contributed by atoms with van der Waals surface area (Å²) in [6, 6.07) is 1.86. The van der Waals surface area contributed by atoms with Gasteiger partial charge in [0.05, 0.1) is 24.8 Å². The van der Waals surface area contributed by atoms with E-state index < -0.39 is 0 Å². The van der Waals surface area contributed by atoms with Gasteiger partial charge in [0.15, 0.2) is 0 Å². The number of rotatable bonds is 4. The normalized spacial score (nSPS) is 20.4. The number of hydrogen-bond acceptors (Lipinski definition) is 4. The maximum atomic E-state index is 12.1. The zero-order valence-corrected chi connectivity index (χ0v) is 11.6. The molecule has 1 atom stereocenters. The van der Waals surface area contributed by atoms with E-state index in [1.165, 1.54) is 4.90 Å². The number of carbonyl (C=O) groups is 2. The number of hydrogen-bond donors (Lipinski definition) is 1. The van der Waals surface area contributed by atoms with E-state index >= 15 is 0 Å². The fourth-order valence-electron chi connectivity index (χ4n) is 2.10. The monoisotopic (exact) mass is 264 g/mol. The van der Waals surface area contributed by atoms with Crippen LogP contribution in [0.4, 0.5) is 0 Å². The molecule has 0 aliphatic carbocycles. The lowest BCUT2D eigenvalue weighted by Gasteiger charge is -2.30. The fourth-order valence-corrected chi connectivity index (χ4v) is 2.10. The molecule has 2 amide bonds. The van der Waals surface area contributed by atoms with Crippen LogP contribution in [0.3, 0.4) is 0 Å². The lowest BCUT2D eigenvalue weighted by atomic mass is 10.1. The minimum Gasteiger partial charge on any atom is -0.297 e. The summed E-state index contributed by atoms with van der Waals surface area (Å²) in [7, 11) is 0. The zero-order chi connectivity index (χ0) is 14.0. The number of imide groups is 1. The lowest BCUT2D eigenvalue weighted by Crippen LogP contribution is -2.57. The molecule has 2 heterocycles. The van der Waals surface area contributed by atoms with Crippen LogP contribution in [0.15, 0.2) is 12.3 Å². The molecule has 1 aliphatic rings. The molecule has 104 valence electrons. The molecule has 2 rings (SSSR count). The molecule has 6 heteroatoms. The highest BCUT2D eigenvalue weighted by atomic mass is 16.2. The standard InChI is InChI=1S/C13H20N4O2/c1-4-11-13(19)16(12(18)7-14-11)8-10-5-6-17(15-10)9(2)3/h5-6,9,11,14H,4,7-8H2,1-3H3. The summed E-state index contributed by atoms with van der Waals surface area (Å²) in [5, 5.41) is 7.31. The van der Waals surface area contributed by atoms with E-state index in [9.17, 15) is 9.59 Å². The van der Waals surface area contributed by atoms with E-state index in [0.29, 0.717) is 6.42 Å². The second-order valence-electron chi connectivity index (χ2n) is 5.04. The first kappa shape index (κ1) is 13.7. The van der Waals surface area contributed by atoms with Crippen LogP contribution in [0, 0.1) is 0 Å². The fraction of sp³-hybridized carbons (Fsp3) is 0.615. The molecule has 0 bridgehead atoms. The highest BCUT2D eigenvalue weighted by Crippen LogP contribution is 2.11. The molecule has 0 saturated carbocycles. The van der Waals surface area contributed by atoms with E-state index in [1.54, 1.807) is 0 Å². The van der Waals surface area contributed by atoms with E-state index in [1.807, 2.05) is 37.7 Å². The molecular weight excluding hydrogens is 244 g/mol. The smallest absolute Gasteiger partial charge is 0.246 e. The number of nitrogens with zero attached hydrogens (tertiary/aromatic N) is 3. The Kier molecular flexibility index (Phi) is 3.99. The Balaban J connectivity index is 2.11. The van der Waals surface area contributed by atoms with Crippen molar-refractivity contribution in [3.63, 3.8) is 0 Å². The van der Waals surface area contributed by atoms with E-state index in [-0.39, 0.29) is 37.0 Å². The highest BCUT2D eigenvalue weighted by molar-refractivity contribution is 6.01. The van der Waals surface area contributed by atoms with Gasteiger partial charge in [0, 0.05) is 12.2 Å². The summed E-state index contributed by atoms with van der Waals surface area (Å²) >= 11 is 0. The van der Waals surface area contributed by atoms with Crippen molar-refractivity contribution in [1.29, 1.82) is 0 Å². The summed E-state index contributed by atoms with van der Waals surface area (Å²) in [6.07, 6.45) is 2.55. The molecule has 0 spiro atoms. The van der Waals surface area contributed by atoms with Crippen LogP contribution < -0.4 is 5.32 Å². The number of nitrogens with one attached hydrogen (secondary N) is 1. The molecule has 1 fully saturated rings. The largest absolute Gasteiger partial charge is 0.297 e. The molecular formula is C13H20N4O2. The van der Waals surface area contributed by atoms with Crippen LogP contribution in [0.25, 0.3) is 0 Å². The van der Waals surface area contributed by atoms with Crippen molar-refractivity contribution in [3.05, 3.63) is 18.0 Å². The average Bonchev–Trinajstić information content (AvgIpc) is 2.83. The quantitative estimate of drug-likeness (QED) is 0.813. The molecule has 19 heavy (non-hydrogen) atoms. The van der Waals surface area contributed by atoms with Gasteiger partial charge in [-0.25, -0.2) is 0 Å². The third-order valence-corrected chi connectivity index (χ3v) is 3.29. The van der Waals surface area contributed by atoms with E-state index in [2.05, 4.69) is 10.4 Å². The van der Waals surface area contributed by atoms with Crippen molar-refractivity contribution in [1.82, 2.24) is 20.0 Å². The van der Waals surface area contributed by atoms with Crippen molar-refractivity contribution in [2.75, 3.05) is 6.54 Å². The minimum absolute atomic E-state index is 0.155. The van der Waals surface area contributed by atoms with Gasteiger partial charge in [0.1, 0.15) is 0 Å². The third kappa shape index (κ3) is 2.84. The second-order valence-corrected chi connectivity index (χ2v) is 5.04. The molecule has 1 unspecified atom stereocenters. The lowest BCUT2D eigenvalue weighted by molar-refractivity contribution is -0.150. The summed E-state index contributed by atoms with van der Waals surface area (Å²) in [5.41, 5.74) is 0.743. The molecule has 0 radical (unpaired) electrons. The van der Waals surface area contributed by atoms with Crippen LogP contribution in [0.5, 0.6) is 0 Å². The van der Waals surface area contributed by atoms with Gasteiger partial charge in [-0.05, 0) is 26.3 Å². The SMILES string of the molecule is CCC1NCC(=O)N(Cc2ccn(C(C)C)n2)C1=O. The highest BCUT2D eigenvalue weighted by Gasteiger charge is 2.33. The molecule has 1 aliphatic heterocycles. The predicted molar refractivity (Wildman–Crippen MR) is 70.3 cm³/mol. The van der Waals surface area contributed by atoms with Crippen LogP contribution in [-0.4, -0.2) is 39.1 Å². The first-order chi connectivity index (χ1) is 9.02. The summed E-state index contributed by atoms with van der Waals surface area (Å²) in [4.78, 5) is 25.2.